The maximum Gasteiger partial charge on any atom is 0.405 e. The quantitative estimate of drug-likeness (QED) is 0.918. The zero-order valence-electron chi connectivity index (χ0n) is 10.5. The van der Waals surface area contributed by atoms with E-state index in [0.29, 0.717) is 11.5 Å². The minimum Gasteiger partial charge on any atom is -0.382 e. The van der Waals surface area contributed by atoms with Crippen molar-refractivity contribution in [3.05, 3.63) is 0 Å². The number of hydrogen-bond acceptors (Lipinski definition) is 6. The highest BCUT2D eigenvalue weighted by Crippen LogP contribution is 2.37. The Morgan fingerprint density at radius 1 is 1.42 bits per heavy atom. The highest BCUT2D eigenvalue weighted by molar-refractivity contribution is 7.91. The molecule has 0 atom stereocenters. The lowest BCUT2D eigenvalue weighted by Gasteiger charge is -2.28. The molecule has 0 aliphatic heterocycles. The van der Waals surface area contributed by atoms with Crippen molar-refractivity contribution in [3.8, 4) is 0 Å². The van der Waals surface area contributed by atoms with Crippen LogP contribution in [0.5, 0.6) is 0 Å². The van der Waals surface area contributed by atoms with Crippen LogP contribution in [0.2, 0.25) is 0 Å². The first-order valence-corrected chi connectivity index (χ1v) is 7.88. The second-order valence-corrected chi connectivity index (χ2v) is 7.02. The number of rotatable bonds is 4. The van der Waals surface area contributed by atoms with Gasteiger partial charge in [-0.25, -0.2) is 8.42 Å². The van der Waals surface area contributed by atoms with Crippen LogP contribution in [0.3, 0.4) is 0 Å². The van der Waals surface area contributed by atoms with Gasteiger partial charge in [0.25, 0.3) is 0 Å². The molecule has 0 saturated heterocycles. The van der Waals surface area contributed by atoms with Crippen LogP contribution in [0.4, 0.5) is 24.0 Å². The second-order valence-electron chi connectivity index (χ2n) is 4.31. The summed E-state index contributed by atoms with van der Waals surface area (Å²) in [5, 5.41) is -0.0766. The highest BCUT2D eigenvalue weighted by atomic mass is 32.2. The normalized spacial score (nSPS) is 13.0. The molecule has 1 rings (SSSR count). The molecule has 1 aromatic heterocycles. The zero-order valence-corrected chi connectivity index (χ0v) is 12.2. The largest absolute Gasteiger partial charge is 0.405 e. The molecule has 19 heavy (non-hydrogen) atoms. The van der Waals surface area contributed by atoms with Crippen molar-refractivity contribution < 1.29 is 21.6 Å². The van der Waals surface area contributed by atoms with E-state index >= 15 is 0 Å². The van der Waals surface area contributed by atoms with E-state index in [1.54, 1.807) is 0 Å². The average molecular weight is 317 g/mol. The van der Waals surface area contributed by atoms with E-state index in [1.165, 1.54) is 13.8 Å². The third kappa shape index (κ3) is 3.96. The molecular formula is C9H14F3N3O2S2. The van der Waals surface area contributed by atoms with E-state index < -0.39 is 28.6 Å². The molecular weight excluding hydrogens is 303 g/mol. The number of aromatic nitrogens is 1. The molecule has 110 valence electrons. The van der Waals surface area contributed by atoms with Gasteiger partial charge < -0.3 is 10.6 Å². The predicted molar refractivity (Wildman–Crippen MR) is 68.2 cm³/mol. The number of hydrogen-bond donors (Lipinski definition) is 1. The van der Waals surface area contributed by atoms with Crippen LogP contribution < -0.4 is 10.6 Å². The maximum atomic E-state index is 12.5. The number of nitrogens with two attached hydrogens (primary N) is 1. The van der Waals surface area contributed by atoms with Crippen molar-refractivity contribution >= 4 is 32.2 Å². The third-order valence-electron chi connectivity index (χ3n) is 2.26. The van der Waals surface area contributed by atoms with Crippen molar-refractivity contribution in [2.24, 2.45) is 0 Å². The van der Waals surface area contributed by atoms with Gasteiger partial charge in [0.2, 0.25) is 0 Å². The summed E-state index contributed by atoms with van der Waals surface area (Å²) in [4.78, 5) is 0.597. The predicted octanol–water partition coefficient (Wildman–Crippen LogP) is 1.91. The lowest BCUT2D eigenvalue weighted by atomic mass is 10.3. The van der Waals surface area contributed by atoms with Gasteiger partial charge in [-0.2, -0.15) is 17.5 Å². The summed E-state index contributed by atoms with van der Waals surface area (Å²) < 4.78 is 64.5. The second kappa shape index (κ2) is 5.16. The summed E-state index contributed by atoms with van der Waals surface area (Å²) in [6.45, 7) is 1.82. The smallest absolute Gasteiger partial charge is 0.382 e. The minimum atomic E-state index is -4.45. The van der Waals surface area contributed by atoms with E-state index in [-0.39, 0.29) is 15.7 Å². The van der Waals surface area contributed by atoms with Gasteiger partial charge in [0, 0.05) is 12.3 Å². The van der Waals surface area contributed by atoms with Gasteiger partial charge >= 0.3 is 6.18 Å². The minimum absolute atomic E-state index is 0.0766. The Balaban J connectivity index is 3.33. The van der Waals surface area contributed by atoms with E-state index in [9.17, 15) is 21.6 Å². The van der Waals surface area contributed by atoms with Crippen LogP contribution >= 0.6 is 11.5 Å². The van der Waals surface area contributed by atoms with Crippen LogP contribution in [0.1, 0.15) is 13.8 Å². The summed E-state index contributed by atoms with van der Waals surface area (Å²) in [5.41, 5.74) is 5.44. The van der Waals surface area contributed by atoms with Crippen molar-refractivity contribution in [1.29, 1.82) is 0 Å². The molecule has 1 heterocycles. The SMILES string of the molecule is CC(C)N(CC(F)(F)F)c1snc(N)c1S(C)(=O)=O. The summed E-state index contributed by atoms with van der Waals surface area (Å²) in [7, 11) is -3.74. The molecule has 5 nitrogen and oxygen atoms in total. The van der Waals surface area contributed by atoms with Gasteiger partial charge in [-0.3, -0.25) is 0 Å². The van der Waals surface area contributed by atoms with E-state index in [0.717, 1.165) is 11.2 Å². The molecule has 0 bridgehead atoms. The number of sulfone groups is 1. The first-order chi connectivity index (χ1) is 8.43. The van der Waals surface area contributed by atoms with Gasteiger partial charge in [0.1, 0.15) is 16.4 Å². The summed E-state index contributed by atoms with van der Waals surface area (Å²) in [6, 6.07) is -0.540. The summed E-state index contributed by atoms with van der Waals surface area (Å²) >= 11 is 0.652. The first-order valence-electron chi connectivity index (χ1n) is 5.22. The van der Waals surface area contributed by atoms with Crippen LogP contribution in [-0.2, 0) is 9.84 Å². The van der Waals surface area contributed by atoms with Crippen LogP contribution in [0.25, 0.3) is 0 Å². The van der Waals surface area contributed by atoms with Crippen molar-refractivity contribution in [1.82, 2.24) is 4.37 Å². The number of nitrogen functional groups attached to an aromatic ring is 1. The molecule has 0 spiro atoms. The van der Waals surface area contributed by atoms with Crippen molar-refractivity contribution in [2.75, 3.05) is 23.4 Å². The molecule has 0 saturated carbocycles. The van der Waals surface area contributed by atoms with Crippen LogP contribution in [0.15, 0.2) is 4.90 Å². The first kappa shape index (κ1) is 16.0. The zero-order chi connectivity index (χ0) is 15.0. The number of anilines is 2. The van der Waals surface area contributed by atoms with Crippen molar-refractivity contribution in [2.45, 2.75) is 31.0 Å². The fraction of sp³-hybridized carbons (Fsp3) is 0.667. The highest BCUT2D eigenvalue weighted by Gasteiger charge is 2.35. The molecule has 1 aromatic rings. The lowest BCUT2D eigenvalue weighted by Crippen LogP contribution is -2.39. The molecule has 0 radical (unpaired) electrons. The van der Waals surface area contributed by atoms with Gasteiger partial charge in [-0.1, -0.05) is 0 Å². The molecule has 2 N–H and O–H groups in total. The molecule has 0 aromatic carbocycles. The molecule has 10 heteroatoms. The Labute approximate surface area is 113 Å². The molecule has 0 fully saturated rings. The number of nitrogens with zero attached hydrogens (tertiary/aromatic N) is 2. The Bertz CT molecular complexity index is 552. The van der Waals surface area contributed by atoms with Crippen molar-refractivity contribution in [3.63, 3.8) is 0 Å². The Hall–Kier alpha value is -1.03. The standard InChI is InChI=1S/C9H14F3N3O2S2/c1-5(2)15(4-9(10,11)12)8-6(19(3,16)17)7(13)14-18-8/h5H,4H2,1-3H3,(H2,13,14). The van der Waals surface area contributed by atoms with Crippen LogP contribution in [0, 0.1) is 0 Å². The summed E-state index contributed by atoms with van der Waals surface area (Å²) in [6.07, 6.45) is -3.56. The number of alkyl halides is 3. The molecule has 0 aliphatic carbocycles. The van der Waals surface area contributed by atoms with Gasteiger partial charge in [-0.15, -0.1) is 0 Å². The average Bonchev–Trinajstić information content (AvgIpc) is 2.54. The lowest BCUT2D eigenvalue weighted by molar-refractivity contribution is -0.120. The fourth-order valence-corrected chi connectivity index (χ4v) is 3.83. The Kier molecular flexibility index (Phi) is 4.35. The molecule has 0 aliphatic rings. The Morgan fingerprint density at radius 3 is 2.32 bits per heavy atom. The molecule has 0 amide bonds. The monoisotopic (exact) mass is 317 g/mol. The van der Waals surface area contributed by atoms with E-state index in [4.69, 9.17) is 5.73 Å². The summed E-state index contributed by atoms with van der Waals surface area (Å²) in [5.74, 6) is -0.268. The maximum absolute atomic E-state index is 12.5. The van der Waals surface area contributed by atoms with E-state index in [2.05, 4.69) is 4.37 Å². The van der Waals surface area contributed by atoms with E-state index in [1.807, 2.05) is 0 Å². The Morgan fingerprint density at radius 2 is 1.95 bits per heavy atom. The van der Waals surface area contributed by atoms with Gasteiger partial charge in [0.05, 0.1) is 0 Å². The molecule has 0 unspecified atom stereocenters. The fourth-order valence-electron chi connectivity index (χ4n) is 1.50. The third-order valence-corrected chi connectivity index (χ3v) is 4.43. The van der Waals surface area contributed by atoms with Gasteiger partial charge in [0.15, 0.2) is 15.7 Å². The van der Waals surface area contributed by atoms with Crippen LogP contribution in [-0.4, -0.2) is 37.8 Å². The topological polar surface area (TPSA) is 76.3 Å². The van der Waals surface area contributed by atoms with Gasteiger partial charge in [-0.05, 0) is 25.4 Å². The number of halogens is 3.